The number of carbonyl (C=O) groups excluding carboxylic acids is 4. The fraction of sp³-hybridized carbons (Fsp3) is 0.895. The summed E-state index contributed by atoms with van der Waals surface area (Å²) >= 11 is 0. The Morgan fingerprint density at radius 1 is 0.455 bits per heavy atom. The quantitative estimate of drug-likeness (QED) is 0.0916. The second-order valence-electron chi connectivity index (χ2n) is 14.7. The van der Waals surface area contributed by atoms with E-state index in [9.17, 15) is 34.5 Å². The number of hydrogen-bond acceptors (Lipinski definition) is 17. The van der Waals surface area contributed by atoms with E-state index < -0.39 is 116 Å². The van der Waals surface area contributed by atoms with Crippen LogP contribution in [0.4, 0.5) is 0 Å². The van der Waals surface area contributed by atoms with Crippen molar-refractivity contribution < 1.29 is 81.9 Å². The minimum atomic E-state index is -1.75. The van der Waals surface area contributed by atoms with Gasteiger partial charge in [0.1, 0.15) is 30.5 Å². The second kappa shape index (κ2) is 23.1. The number of esters is 4. The predicted octanol–water partition coefficient (Wildman–Crippen LogP) is 2.74. The van der Waals surface area contributed by atoms with Gasteiger partial charge in [-0.15, -0.1) is 0 Å². The highest BCUT2D eigenvalue weighted by molar-refractivity contribution is 5.68. The highest BCUT2D eigenvalue weighted by Gasteiger charge is 2.56. The van der Waals surface area contributed by atoms with Crippen LogP contribution in [-0.4, -0.2) is 138 Å². The van der Waals surface area contributed by atoms with Crippen LogP contribution in [0, 0.1) is 0 Å². The first-order valence-electron chi connectivity index (χ1n) is 19.7. The third-order valence-corrected chi connectivity index (χ3v) is 9.83. The SMILES string of the molecule is CCCCCCCCCCCCOC1OC(C)C(OC2OC(C)C(OC(C)=O)C(OC3OC(C)C(OC(C)=O)C(OC(C)=O)C3OC(C)=O)C2O)C(O)C1O. The lowest BCUT2D eigenvalue weighted by molar-refractivity contribution is -0.374. The average molecular weight is 793 g/mol. The molecule has 17 nitrogen and oxygen atoms in total. The Kier molecular flexibility index (Phi) is 19.7. The number of aliphatic hydroxyl groups is 3. The molecule has 3 fully saturated rings. The Morgan fingerprint density at radius 3 is 1.38 bits per heavy atom. The zero-order valence-electron chi connectivity index (χ0n) is 33.5. The largest absolute Gasteiger partial charge is 0.457 e. The van der Waals surface area contributed by atoms with Crippen molar-refractivity contribution in [2.75, 3.05) is 6.61 Å². The van der Waals surface area contributed by atoms with Gasteiger partial charge in [0.15, 0.2) is 43.3 Å². The summed E-state index contributed by atoms with van der Waals surface area (Å²) in [5, 5.41) is 33.8. The summed E-state index contributed by atoms with van der Waals surface area (Å²) in [7, 11) is 0. The highest BCUT2D eigenvalue weighted by Crippen LogP contribution is 2.35. The number of hydrogen-bond donors (Lipinski definition) is 3. The summed E-state index contributed by atoms with van der Waals surface area (Å²) in [5.74, 6) is -3.06. The number of aliphatic hydroxyl groups excluding tert-OH is 3. The fourth-order valence-corrected chi connectivity index (χ4v) is 7.12. The number of ether oxygens (including phenoxy) is 10. The summed E-state index contributed by atoms with van der Waals surface area (Å²) in [5.41, 5.74) is 0. The molecule has 3 aliphatic rings. The molecule has 0 aromatic carbocycles. The van der Waals surface area contributed by atoms with Gasteiger partial charge >= 0.3 is 23.9 Å². The minimum absolute atomic E-state index is 0.331. The van der Waals surface area contributed by atoms with Crippen molar-refractivity contribution in [1.29, 1.82) is 0 Å². The Balaban J connectivity index is 1.69. The van der Waals surface area contributed by atoms with Gasteiger partial charge in [0.25, 0.3) is 0 Å². The van der Waals surface area contributed by atoms with Crippen LogP contribution in [0.2, 0.25) is 0 Å². The van der Waals surface area contributed by atoms with E-state index in [0.717, 1.165) is 53.4 Å². The Labute approximate surface area is 323 Å². The molecule has 0 amide bonds. The molecule has 0 aromatic heterocycles. The average Bonchev–Trinajstić information content (AvgIpc) is 3.10. The van der Waals surface area contributed by atoms with Crippen LogP contribution in [-0.2, 0) is 66.5 Å². The van der Waals surface area contributed by atoms with Gasteiger partial charge in [0, 0.05) is 34.3 Å². The van der Waals surface area contributed by atoms with Gasteiger partial charge in [-0.25, -0.2) is 0 Å². The topological polar surface area (TPSA) is 221 Å². The van der Waals surface area contributed by atoms with E-state index in [4.69, 9.17) is 47.4 Å². The zero-order chi connectivity index (χ0) is 40.8. The molecule has 0 saturated carbocycles. The zero-order valence-corrected chi connectivity index (χ0v) is 33.5. The molecule has 318 valence electrons. The van der Waals surface area contributed by atoms with Crippen LogP contribution in [0.25, 0.3) is 0 Å². The minimum Gasteiger partial charge on any atom is -0.457 e. The summed E-state index contributed by atoms with van der Waals surface area (Å²) in [6.07, 6.45) is -8.39. The van der Waals surface area contributed by atoms with Gasteiger partial charge in [-0.3, -0.25) is 19.2 Å². The highest BCUT2D eigenvalue weighted by atomic mass is 16.8. The van der Waals surface area contributed by atoms with E-state index in [1.807, 2.05) is 0 Å². The van der Waals surface area contributed by atoms with Crippen molar-refractivity contribution in [1.82, 2.24) is 0 Å². The molecule has 3 heterocycles. The smallest absolute Gasteiger partial charge is 0.303 e. The molecule has 3 rings (SSSR count). The van der Waals surface area contributed by atoms with Gasteiger partial charge < -0.3 is 62.7 Å². The molecule has 0 aromatic rings. The normalized spacial score (nSPS) is 36.5. The number of rotatable bonds is 20. The lowest BCUT2D eigenvalue weighted by Gasteiger charge is -2.49. The lowest BCUT2D eigenvalue weighted by Crippen LogP contribution is -2.66. The molecule has 0 radical (unpaired) electrons. The third kappa shape index (κ3) is 14.1. The predicted molar refractivity (Wildman–Crippen MR) is 191 cm³/mol. The van der Waals surface area contributed by atoms with E-state index >= 15 is 0 Å². The fourth-order valence-electron chi connectivity index (χ4n) is 7.12. The summed E-state index contributed by atoms with van der Waals surface area (Å²) in [6.45, 7) is 11.7. The third-order valence-electron chi connectivity index (χ3n) is 9.83. The number of unbranched alkanes of at least 4 members (excludes halogenated alkanes) is 9. The molecule has 55 heavy (non-hydrogen) atoms. The summed E-state index contributed by atoms with van der Waals surface area (Å²) < 4.78 is 57.6. The van der Waals surface area contributed by atoms with Crippen molar-refractivity contribution in [2.45, 2.75) is 212 Å². The standard InChI is InChI=1S/C38H64O17/c1-9-10-11-12-13-14-15-16-17-18-19-46-36-28(44)27(43)30(20(2)47-36)54-37-29(45)33(31(21(3)48-37)50-23(5)39)55-38-35(53-26(8)42)34(52-25(7)41)32(22(4)49-38)51-24(6)40/h20-22,27-38,43-45H,9-19H2,1-8H3. The molecule has 3 saturated heterocycles. The van der Waals surface area contributed by atoms with Gasteiger partial charge in [0.2, 0.25) is 0 Å². The molecular formula is C38H64O17. The monoisotopic (exact) mass is 792 g/mol. The molecular weight excluding hydrogens is 728 g/mol. The van der Waals surface area contributed by atoms with Crippen LogP contribution in [0.3, 0.4) is 0 Å². The van der Waals surface area contributed by atoms with E-state index in [-0.39, 0.29) is 0 Å². The van der Waals surface area contributed by atoms with Gasteiger partial charge in [-0.2, -0.15) is 0 Å². The van der Waals surface area contributed by atoms with Crippen molar-refractivity contribution in [3.63, 3.8) is 0 Å². The van der Waals surface area contributed by atoms with Crippen LogP contribution >= 0.6 is 0 Å². The first kappa shape index (κ1) is 46.9. The molecule has 3 aliphatic heterocycles. The van der Waals surface area contributed by atoms with E-state index in [0.29, 0.717) is 6.61 Å². The van der Waals surface area contributed by atoms with Crippen molar-refractivity contribution in [3.8, 4) is 0 Å². The van der Waals surface area contributed by atoms with Crippen LogP contribution in [0.1, 0.15) is 120 Å². The number of carbonyl (C=O) groups is 4. The van der Waals surface area contributed by atoms with Gasteiger partial charge in [-0.1, -0.05) is 64.7 Å². The maximum atomic E-state index is 12.3. The molecule has 17 heteroatoms. The Bertz CT molecular complexity index is 1200. The Hall–Kier alpha value is -2.48. The molecule has 15 atom stereocenters. The molecule has 0 bridgehead atoms. The second-order valence-corrected chi connectivity index (χ2v) is 14.7. The van der Waals surface area contributed by atoms with E-state index in [1.54, 1.807) is 6.92 Å². The van der Waals surface area contributed by atoms with E-state index in [2.05, 4.69) is 6.92 Å². The van der Waals surface area contributed by atoms with Crippen molar-refractivity contribution >= 4 is 23.9 Å². The molecule has 15 unspecified atom stereocenters. The van der Waals surface area contributed by atoms with E-state index in [1.165, 1.54) is 52.4 Å². The van der Waals surface area contributed by atoms with Crippen LogP contribution < -0.4 is 0 Å². The first-order valence-corrected chi connectivity index (χ1v) is 19.7. The molecule has 0 aliphatic carbocycles. The first-order chi connectivity index (χ1) is 26.0. The lowest BCUT2D eigenvalue weighted by atomic mass is 9.96. The van der Waals surface area contributed by atoms with Gasteiger partial charge in [0.05, 0.1) is 18.3 Å². The van der Waals surface area contributed by atoms with Crippen molar-refractivity contribution in [3.05, 3.63) is 0 Å². The molecule has 3 N–H and O–H groups in total. The summed E-state index contributed by atoms with van der Waals surface area (Å²) in [4.78, 5) is 48.5. The summed E-state index contributed by atoms with van der Waals surface area (Å²) in [6, 6.07) is 0. The molecule has 0 spiro atoms. The maximum Gasteiger partial charge on any atom is 0.303 e. The van der Waals surface area contributed by atoms with Crippen LogP contribution in [0.5, 0.6) is 0 Å². The van der Waals surface area contributed by atoms with Crippen molar-refractivity contribution in [2.24, 2.45) is 0 Å². The maximum absolute atomic E-state index is 12.3. The Morgan fingerprint density at radius 2 is 0.855 bits per heavy atom. The van der Waals surface area contributed by atoms with Crippen LogP contribution in [0.15, 0.2) is 0 Å². The van der Waals surface area contributed by atoms with Gasteiger partial charge in [-0.05, 0) is 27.2 Å².